The van der Waals surface area contributed by atoms with Gasteiger partial charge in [0, 0.05) is 5.70 Å². The van der Waals surface area contributed by atoms with Gasteiger partial charge in [-0.25, -0.2) is 9.48 Å². The highest BCUT2D eigenvalue weighted by Crippen LogP contribution is 2.35. The van der Waals surface area contributed by atoms with Crippen LogP contribution in [0, 0.1) is 6.92 Å². The molecule has 2 aromatic rings. The number of anilines is 1. The number of esters is 1. The third kappa shape index (κ3) is 3.57. The smallest absolute Gasteiger partial charge is 0.338 e. The fourth-order valence-electron chi connectivity index (χ4n) is 3.01. The van der Waals surface area contributed by atoms with E-state index >= 15 is 0 Å². The van der Waals surface area contributed by atoms with E-state index in [0.29, 0.717) is 18.1 Å². The molecular formula is C19H24N4O2. The van der Waals surface area contributed by atoms with Crippen LogP contribution in [0.2, 0.25) is 0 Å². The molecule has 1 aromatic heterocycles. The molecular weight excluding hydrogens is 316 g/mol. The molecule has 0 radical (unpaired) electrons. The Kier molecular flexibility index (Phi) is 5.16. The predicted molar refractivity (Wildman–Crippen MR) is 96.1 cm³/mol. The lowest BCUT2D eigenvalue weighted by atomic mass is 9.95. The van der Waals surface area contributed by atoms with Gasteiger partial charge in [0.2, 0.25) is 5.95 Å². The average molecular weight is 340 g/mol. The summed E-state index contributed by atoms with van der Waals surface area (Å²) in [5, 5.41) is 7.47. The van der Waals surface area contributed by atoms with E-state index in [1.165, 1.54) is 11.9 Å². The zero-order valence-electron chi connectivity index (χ0n) is 15.0. The van der Waals surface area contributed by atoms with Crippen molar-refractivity contribution in [3.8, 4) is 0 Å². The molecule has 0 fully saturated rings. The van der Waals surface area contributed by atoms with Crippen LogP contribution in [-0.4, -0.2) is 27.3 Å². The van der Waals surface area contributed by atoms with Crippen LogP contribution < -0.4 is 5.32 Å². The fourth-order valence-corrected chi connectivity index (χ4v) is 3.01. The zero-order chi connectivity index (χ0) is 17.8. The highest BCUT2D eigenvalue weighted by atomic mass is 16.5. The number of carbonyl (C=O) groups excluding carboxylic acids is 1. The van der Waals surface area contributed by atoms with Gasteiger partial charge in [0.15, 0.2) is 0 Å². The van der Waals surface area contributed by atoms with Crippen molar-refractivity contribution in [1.29, 1.82) is 0 Å². The van der Waals surface area contributed by atoms with Crippen LogP contribution in [0.3, 0.4) is 0 Å². The Morgan fingerprint density at radius 1 is 1.24 bits per heavy atom. The first kappa shape index (κ1) is 17.2. The molecule has 1 aromatic carbocycles. The van der Waals surface area contributed by atoms with Crippen LogP contribution in [0.25, 0.3) is 0 Å². The van der Waals surface area contributed by atoms with Gasteiger partial charge in [0.05, 0.1) is 12.2 Å². The second kappa shape index (κ2) is 7.51. The second-order valence-electron chi connectivity index (χ2n) is 6.35. The summed E-state index contributed by atoms with van der Waals surface area (Å²) >= 11 is 0. The molecule has 25 heavy (non-hydrogen) atoms. The Morgan fingerprint density at radius 3 is 2.72 bits per heavy atom. The van der Waals surface area contributed by atoms with Crippen LogP contribution >= 0.6 is 0 Å². The first-order chi connectivity index (χ1) is 12.1. The van der Waals surface area contributed by atoms with E-state index in [1.807, 2.05) is 38.1 Å². The van der Waals surface area contributed by atoms with Gasteiger partial charge in [-0.15, -0.1) is 0 Å². The summed E-state index contributed by atoms with van der Waals surface area (Å²) in [6.07, 6.45) is 4.52. The first-order valence-electron chi connectivity index (χ1n) is 8.72. The van der Waals surface area contributed by atoms with Crippen molar-refractivity contribution in [2.24, 2.45) is 0 Å². The first-order valence-corrected chi connectivity index (χ1v) is 8.72. The summed E-state index contributed by atoms with van der Waals surface area (Å²) in [5.74, 6) is 0.332. The second-order valence-corrected chi connectivity index (χ2v) is 6.35. The Bertz CT molecular complexity index is 777. The highest BCUT2D eigenvalue weighted by molar-refractivity contribution is 5.92. The summed E-state index contributed by atoms with van der Waals surface area (Å²) in [4.78, 5) is 17.0. The molecule has 0 saturated carbocycles. The number of nitrogens with one attached hydrogen (secondary N) is 1. The lowest BCUT2D eigenvalue weighted by Gasteiger charge is -2.28. The Balaban J connectivity index is 1.92. The average Bonchev–Trinajstić information content (AvgIpc) is 3.06. The third-order valence-electron chi connectivity index (χ3n) is 4.39. The number of hydrogen-bond donors (Lipinski definition) is 1. The Hall–Kier alpha value is -2.63. The molecule has 1 atom stereocenters. The van der Waals surface area contributed by atoms with Crippen LogP contribution in [0.1, 0.15) is 50.3 Å². The number of allylic oxidation sites excluding steroid dienone is 1. The van der Waals surface area contributed by atoms with E-state index in [-0.39, 0.29) is 12.0 Å². The molecule has 0 spiro atoms. The number of rotatable bonds is 6. The van der Waals surface area contributed by atoms with Gasteiger partial charge >= 0.3 is 5.97 Å². The van der Waals surface area contributed by atoms with Crippen molar-refractivity contribution in [2.45, 2.75) is 46.1 Å². The number of benzene rings is 1. The highest BCUT2D eigenvalue weighted by Gasteiger charge is 2.34. The third-order valence-corrected chi connectivity index (χ3v) is 4.39. The van der Waals surface area contributed by atoms with E-state index in [0.717, 1.165) is 30.5 Å². The number of ether oxygens (including phenoxy) is 1. The zero-order valence-corrected chi connectivity index (χ0v) is 15.0. The van der Waals surface area contributed by atoms with Crippen molar-refractivity contribution in [1.82, 2.24) is 14.8 Å². The summed E-state index contributed by atoms with van der Waals surface area (Å²) in [5.41, 5.74) is 3.49. The molecule has 6 heteroatoms. The van der Waals surface area contributed by atoms with E-state index in [4.69, 9.17) is 4.74 Å². The molecule has 1 aliphatic heterocycles. The van der Waals surface area contributed by atoms with Crippen molar-refractivity contribution in [3.05, 3.63) is 53.0 Å². The summed E-state index contributed by atoms with van der Waals surface area (Å²) in [7, 11) is 0. The Morgan fingerprint density at radius 2 is 2.00 bits per heavy atom. The van der Waals surface area contributed by atoms with E-state index in [1.54, 1.807) is 4.68 Å². The minimum Gasteiger partial charge on any atom is -0.462 e. The van der Waals surface area contributed by atoms with Crippen LogP contribution in [-0.2, 0) is 9.53 Å². The van der Waals surface area contributed by atoms with Crippen molar-refractivity contribution < 1.29 is 9.53 Å². The molecule has 6 nitrogen and oxygen atoms in total. The molecule has 132 valence electrons. The SMILES string of the molecule is CCCCCOC(=O)C1=C(C)Nc2ncnn2C1c1ccc(C)cc1. The number of aryl methyl sites for hydroxylation is 1. The fraction of sp³-hybridized carbons (Fsp3) is 0.421. The molecule has 2 heterocycles. The maximum atomic E-state index is 12.8. The number of nitrogens with zero attached hydrogens (tertiary/aromatic N) is 3. The minimum atomic E-state index is -0.335. The lowest BCUT2D eigenvalue weighted by Crippen LogP contribution is -2.29. The standard InChI is InChI=1S/C19H24N4O2/c1-4-5-6-11-25-18(24)16-14(3)22-19-20-12-21-23(19)17(16)15-9-7-13(2)8-10-15/h7-10,12,17H,4-6,11H2,1-3H3,(H,20,21,22). The normalized spacial score (nSPS) is 16.4. The van der Waals surface area contributed by atoms with Crippen LogP contribution in [0.15, 0.2) is 41.9 Å². The van der Waals surface area contributed by atoms with E-state index < -0.39 is 0 Å². The van der Waals surface area contributed by atoms with Gasteiger partial charge in [-0.2, -0.15) is 10.1 Å². The summed E-state index contributed by atoms with van der Waals surface area (Å²) in [6, 6.07) is 7.78. The maximum absolute atomic E-state index is 12.8. The van der Waals surface area contributed by atoms with Crippen LogP contribution in [0.4, 0.5) is 5.95 Å². The maximum Gasteiger partial charge on any atom is 0.338 e. The molecule has 1 N–H and O–H groups in total. The minimum absolute atomic E-state index is 0.298. The molecule has 0 bridgehead atoms. The number of hydrogen-bond acceptors (Lipinski definition) is 5. The quantitative estimate of drug-likeness (QED) is 0.642. The monoisotopic (exact) mass is 340 g/mol. The van der Waals surface area contributed by atoms with E-state index in [9.17, 15) is 4.79 Å². The van der Waals surface area contributed by atoms with Crippen molar-refractivity contribution in [2.75, 3.05) is 11.9 Å². The lowest BCUT2D eigenvalue weighted by molar-refractivity contribution is -0.139. The van der Waals surface area contributed by atoms with Gasteiger partial charge < -0.3 is 10.1 Å². The number of fused-ring (bicyclic) bond motifs is 1. The molecule has 1 aliphatic rings. The van der Waals surface area contributed by atoms with Gasteiger partial charge in [-0.3, -0.25) is 0 Å². The summed E-state index contributed by atoms with van der Waals surface area (Å²) < 4.78 is 7.26. The predicted octanol–water partition coefficient (Wildman–Crippen LogP) is 3.61. The van der Waals surface area contributed by atoms with Gasteiger partial charge in [-0.05, 0) is 25.8 Å². The number of unbranched alkanes of at least 4 members (excludes halogenated alkanes) is 2. The van der Waals surface area contributed by atoms with Gasteiger partial charge in [0.1, 0.15) is 12.4 Å². The molecule has 0 amide bonds. The molecule has 3 rings (SSSR count). The number of carbonyl (C=O) groups is 1. The van der Waals surface area contributed by atoms with Crippen molar-refractivity contribution in [3.63, 3.8) is 0 Å². The largest absolute Gasteiger partial charge is 0.462 e. The topological polar surface area (TPSA) is 69.0 Å². The van der Waals surface area contributed by atoms with Crippen molar-refractivity contribution >= 4 is 11.9 Å². The van der Waals surface area contributed by atoms with Gasteiger partial charge in [0.25, 0.3) is 0 Å². The Labute approximate surface area is 147 Å². The summed E-state index contributed by atoms with van der Waals surface area (Å²) in [6.45, 7) is 6.48. The molecule has 0 aliphatic carbocycles. The van der Waals surface area contributed by atoms with E-state index in [2.05, 4.69) is 22.3 Å². The van der Waals surface area contributed by atoms with Gasteiger partial charge in [-0.1, -0.05) is 49.6 Å². The molecule has 1 unspecified atom stereocenters. The molecule has 0 saturated heterocycles. The van der Waals surface area contributed by atoms with Crippen LogP contribution in [0.5, 0.6) is 0 Å². The number of aromatic nitrogens is 3.